The molecule has 0 aliphatic carbocycles. The molecule has 3 nitrogen and oxygen atoms in total. The molecule has 0 amide bonds. The van der Waals surface area contributed by atoms with Gasteiger partial charge in [-0.25, -0.2) is 0 Å². The van der Waals surface area contributed by atoms with Crippen LogP contribution in [0.1, 0.15) is 32.1 Å². The van der Waals surface area contributed by atoms with Crippen LogP contribution >= 0.6 is 0 Å². The van der Waals surface area contributed by atoms with Gasteiger partial charge in [-0.05, 0) is 57.7 Å². The molecule has 2 aliphatic heterocycles. The Hall–Kier alpha value is -0.120. The molecule has 2 saturated heterocycles. The first-order valence-corrected chi connectivity index (χ1v) is 6.47. The predicted octanol–water partition coefficient (Wildman–Crippen LogP) is 0.833. The van der Waals surface area contributed by atoms with E-state index in [2.05, 4.69) is 10.2 Å². The number of nitrogens with zero attached hydrogens (tertiary/aromatic N) is 1. The number of aliphatic hydroxyl groups is 1. The third-order valence-electron chi connectivity index (χ3n) is 3.93. The summed E-state index contributed by atoms with van der Waals surface area (Å²) in [6.45, 7) is 5.13. The summed E-state index contributed by atoms with van der Waals surface area (Å²) in [6, 6.07) is 0.810. The van der Waals surface area contributed by atoms with Crippen LogP contribution in [0, 0.1) is 5.92 Å². The second-order valence-electron chi connectivity index (χ2n) is 4.96. The van der Waals surface area contributed by atoms with Gasteiger partial charge >= 0.3 is 0 Å². The molecule has 0 radical (unpaired) electrons. The van der Waals surface area contributed by atoms with Crippen LogP contribution in [-0.4, -0.2) is 48.8 Å². The van der Waals surface area contributed by atoms with E-state index in [1.165, 1.54) is 45.3 Å². The zero-order valence-electron chi connectivity index (χ0n) is 9.62. The Labute approximate surface area is 92.8 Å². The van der Waals surface area contributed by atoms with Crippen LogP contribution in [0.5, 0.6) is 0 Å². The van der Waals surface area contributed by atoms with Crippen LogP contribution in [0.25, 0.3) is 0 Å². The van der Waals surface area contributed by atoms with Crippen LogP contribution in [0.15, 0.2) is 0 Å². The predicted molar refractivity (Wildman–Crippen MR) is 61.9 cm³/mol. The molecule has 1 unspecified atom stereocenters. The van der Waals surface area contributed by atoms with Gasteiger partial charge < -0.3 is 15.3 Å². The number of rotatable bonds is 4. The van der Waals surface area contributed by atoms with Crippen molar-refractivity contribution in [1.82, 2.24) is 10.2 Å². The number of aliphatic hydroxyl groups excluding tert-OH is 1. The van der Waals surface area contributed by atoms with Crippen molar-refractivity contribution in [1.29, 1.82) is 0 Å². The molecule has 2 fully saturated rings. The van der Waals surface area contributed by atoms with E-state index in [0.29, 0.717) is 6.61 Å². The lowest BCUT2D eigenvalue weighted by Crippen LogP contribution is -2.41. The highest BCUT2D eigenvalue weighted by molar-refractivity contribution is 4.85. The molecule has 2 rings (SSSR count). The smallest absolute Gasteiger partial charge is 0.0443 e. The van der Waals surface area contributed by atoms with Crippen LogP contribution in [0.4, 0.5) is 0 Å². The van der Waals surface area contributed by atoms with Crippen LogP contribution in [-0.2, 0) is 0 Å². The fourth-order valence-electron chi connectivity index (χ4n) is 2.99. The molecule has 15 heavy (non-hydrogen) atoms. The minimum Gasteiger partial charge on any atom is -0.396 e. The number of hydrogen-bond donors (Lipinski definition) is 2. The summed E-state index contributed by atoms with van der Waals surface area (Å²) in [5, 5.41) is 12.4. The molecular formula is C12H24N2O. The molecule has 2 aliphatic rings. The third-order valence-corrected chi connectivity index (χ3v) is 3.93. The third kappa shape index (κ3) is 3.16. The lowest BCUT2D eigenvalue weighted by molar-refractivity contribution is 0.151. The molecule has 0 aromatic rings. The zero-order chi connectivity index (χ0) is 10.5. The van der Waals surface area contributed by atoms with Gasteiger partial charge in [0, 0.05) is 19.2 Å². The highest BCUT2D eigenvalue weighted by Crippen LogP contribution is 2.25. The Kier molecular flexibility index (Phi) is 4.42. The van der Waals surface area contributed by atoms with Crippen LogP contribution in [0.3, 0.4) is 0 Å². The van der Waals surface area contributed by atoms with Gasteiger partial charge in [-0.3, -0.25) is 0 Å². The Morgan fingerprint density at radius 2 is 2.00 bits per heavy atom. The first-order chi connectivity index (χ1) is 7.40. The largest absolute Gasteiger partial charge is 0.396 e. The number of hydrogen-bond acceptors (Lipinski definition) is 3. The SMILES string of the molecule is OCCCN1CCC(C2CCCN2)CC1. The highest BCUT2D eigenvalue weighted by atomic mass is 16.3. The fourth-order valence-corrected chi connectivity index (χ4v) is 2.99. The monoisotopic (exact) mass is 212 g/mol. The van der Waals surface area contributed by atoms with Crippen LogP contribution < -0.4 is 5.32 Å². The van der Waals surface area contributed by atoms with E-state index in [0.717, 1.165) is 24.9 Å². The lowest BCUT2D eigenvalue weighted by atomic mass is 9.88. The first kappa shape index (κ1) is 11.4. The van der Waals surface area contributed by atoms with Crippen LogP contribution in [0.2, 0.25) is 0 Å². The van der Waals surface area contributed by atoms with Crippen molar-refractivity contribution in [2.45, 2.75) is 38.1 Å². The summed E-state index contributed by atoms with van der Waals surface area (Å²) in [5.41, 5.74) is 0. The van der Waals surface area contributed by atoms with Gasteiger partial charge in [0.15, 0.2) is 0 Å². The Bertz CT molecular complexity index is 172. The van der Waals surface area contributed by atoms with Crippen molar-refractivity contribution in [2.75, 3.05) is 32.8 Å². The molecule has 0 spiro atoms. The molecule has 0 aromatic heterocycles. The molecule has 88 valence electrons. The Morgan fingerprint density at radius 3 is 2.60 bits per heavy atom. The second kappa shape index (κ2) is 5.83. The zero-order valence-corrected chi connectivity index (χ0v) is 9.62. The van der Waals surface area contributed by atoms with Crippen molar-refractivity contribution in [3.63, 3.8) is 0 Å². The van der Waals surface area contributed by atoms with Crippen molar-refractivity contribution in [3.8, 4) is 0 Å². The van der Waals surface area contributed by atoms with E-state index < -0.39 is 0 Å². The molecule has 0 bridgehead atoms. The van der Waals surface area contributed by atoms with Gasteiger partial charge in [-0.2, -0.15) is 0 Å². The van der Waals surface area contributed by atoms with E-state index >= 15 is 0 Å². The quantitative estimate of drug-likeness (QED) is 0.724. The first-order valence-electron chi connectivity index (χ1n) is 6.47. The van der Waals surface area contributed by atoms with Gasteiger partial charge in [0.1, 0.15) is 0 Å². The van der Waals surface area contributed by atoms with Gasteiger partial charge in [0.25, 0.3) is 0 Å². The lowest BCUT2D eigenvalue weighted by Gasteiger charge is -2.34. The maximum Gasteiger partial charge on any atom is 0.0443 e. The van der Waals surface area contributed by atoms with Crippen molar-refractivity contribution in [2.24, 2.45) is 5.92 Å². The van der Waals surface area contributed by atoms with Gasteiger partial charge in [0.2, 0.25) is 0 Å². The molecule has 2 N–H and O–H groups in total. The van der Waals surface area contributed by atoms with Gasteiger partial charge in [-0.1, -0.05) is 0 Å². The average molecular weight is 212 g/mol. The normalized spacial score (nSPS) is 29.8. The summed E-state index contributed by atoms with van der Waals surface area (Å²) >= 11 is 0. The molecule has 0 aromatic carbocycles. The van der Waals surface area contributed by atoms with E-state index in [1.54, 1.807) is 0 Å². The summed E-state index contributed by atoms with van der Waals surface area (Å²) < 4.78 is 0. The number of nitrogens with one attached hydrogen (secondary N) is 1. The minimum absolute atomic E-state index is 0.337. The second-order valence-corrected chi connectivity index (χ2v) is 4.96. The van der Waals surface area contributed by atoms with E-state index in [1.807, 2.05) is 0 Å². The molecule has 0 saturated carbocycles. The maximum atomic E-state index is 8.78. The Balaban J connectivity index is 1.67. The fraction of sp³-hybridized carbons (Fsp3) is 1.00. The number of likely N-dealkylation sites (tertiary alicyclic amines) is 1. The summed E-state index contributed by atoms with van der Waals surface area (Å²) in [4.78, 5) is 2.50. The van der Waals surface area contributed by atoms with Gasteiger partial charge in [-0.15, -0.1) is 0 Å². The summed E-state index contributed by atoms with van der Waals surface area (Å²) in [6.07, 6.45) is 6.40. The molecular weight excluding hydrogens is 188 g/mol. The van der Waals surface area contributed by atoms with Gasteiger partial charge in [0.05, 0.1) is 0 Å². The summed E-state index contributed by atoms with van der Waals surface area (Å²) in [7, 11) is 0. The number of piperidine rings is 1. The van der Waals surface area contributed by atoms with E-state index in [9.17, 15) is 0 Å². The molecule has 2 heterocycles. The molecule has 1 atom stereocenters. The van der Waals surface area contributed by atoms with Crippen molar-refractivity contribution >= 4 is 0 Å². The van der Waals surface area contributed by atoms with Crippen molar-refractivity contribution < 1.29 is 5.11 Å². The highest BCUT2D eigenvalue weighted by Gasteiger charge is 2.27. The standard InChI is InChI=1S/C12H24N2O/c15-10-2-7-14-8-4-11(5-9-14)12-3-1-6-13-12/h11-13,15H,1-10H2. The maximum absolute atomic E-state index is 8.78. The summed E-state index contributed by atoms with van der Waals surface area (Å²) in [5.74, 6) is 0.915. The minimum atomic E-state index is 0.337. The van der Waals surface area contributed by atoms with E-state index in [4.69, 9.17) is 5.11 Å². The molecule has 3 heteroatoms. The van der Waals surface area contributed by atoms with Crippen molar-refractivity contribution in [3.05, 3.63) is 0 Å². The Morgan fingerprint density at radius 1 is 1.20 bits per heavy atom. The topological polar surface area (TPSA) is 35.5 Å². The van der Waals surface area contributed by atoms with E-state index in [-0.39, 0.29) is 0 Å². The average Bonchev–Trinajstić information content (AvgIpc) is 2.80.